The summed E-state index contributed by atoms with van der Waals surface area (Å²) in [5, 5.41) is 10.7. The lowest BCUT2D eigenvalue weighted by Gasteiger charge is -2.19. The van der Waals surface area contributed by atoms with E-state index >= 15 is 0 Å². The van der Waals surface area contributed by atoms with Crippen LogP contribution in [0, 0.1) is 0 Å². The fourth-order valence-electron chi connectivity index (χ4n) is 3.22. The van der Waals surface area contributed by atoms with Gasteiger partial charge in [0.1, 0.15) is 10.6 Å². The van der Waals surface area contributed by atoms with Crippen LogP contribution in [0.1, 0.15) is 19.8 Å². The fraction of sp³-hybridized carbons (Fsp3) is 0.350. The van der Waals surface area contributed by atoms with Gasteiger partial charge in [-0.05, 0) is 50.1 Å². The molecule has 3 aromatic rings. The number of thioether (sulfide) groups is 1. The summed E-state index contributed by atoms with van der Waals surface area (Å²) in [6, 6.07) is 7.99. The molecule has 1 saturated heterocycles. The van der Waals surface area contributed by atoms with Gasteiger partial charge in [0, 0.05) is 18.8 Å². The molecule has 4 rings (SSSR count). The predicted molar refractivity (Wildman–Crippen MR) is 117 cm³/mol. The molecule has 0 radical (unpaired) electrons. The number of nitrogens with one attached hydrogen (secondary N) is 1. The maximum Gasteiger partial charge on any atom is 0.284 e. The summed E-state index contributed by atoms with van der Waals surface area (Å²) in [6.07, 6.45) is 3.15. The number of hydrogen-bond donors (Lipinski definition) is 1. The zero-order valence-electron chi connectivity index (χ0n) is 17.3. The van der Waals surface area contributed by atoms with Crippen LogP contribution in [0.2, 0.25) is 0 Å². The molecule has 2 aromatic heterocycles. The molecule has 0 unspecified atom stereocenters. The molecule has 32 heavy (non-hydrogen) atoms. The number of nitrogens with zero attached hydrogens (tertiary/aromatic N) is 3. The summed E-state index contributed by atoms with van der Waals surface area (Å²) in [5.41, 5.74) is 0.360. The molecule has 1 aliphatic rings. The van der Waals surface area contributed by atoms with Gasteiger partial charge in [0.2, 0.25) is 15.9 Å². The summed E-state index contributed by atoms with van der Waals surface area (Å²) in [6.45, 7) is 3.07. The molecular weight excluding hydrogens is 456 g/mol. The van der Waals surface area contributed by atoms with E-state index in [0.29, 0.717) is 31.1 Å². The molecule has 1 amide bonds. The first-order chi connectivity index (χ1) is 15.5. The van der Waals surface area contributed by atoms with Crippen molar-refractivity contribution in [3.05, 3.63) is 36.6 Å². The topological polar surface area (TPSA) is 128 Å². The maximum absolute atomic E-state index is 13.1. The fourth-order valence-corrected chi connectivity index (χ4v) is 5.46. The quantitative estimate of drug-likeness (QED) is 0.461. The van der Waals surface area contributed by atoms with Gasteiger partial charge in [-0.15, -0.1) is 10.2 Å². The highest BCUT2D eigenvalue weighted by Crippen LogP contribution is 2.32. The largest absolute Gasteiger partial charge is 0.492 e. The second-order valence-corrected chi connectivity index (χ2v) is 9.73. The van der Waals surface area contributed by atoms with Gasteiger partial charge in [-0.1, -0.05) is 11.8 Å². The Labute approximate surface area is 189 Å². The monoisotopic (exact) mass is 478 g/mol. The van der Waals surface area contributed by atoms with E-state index < -0.39 is 10.0 Å². The Balaban J connectivity index is 1.43. The second kappa shape index (κ2) is 9.76. The number of benzene rings is 1. The summed E-state index contributed by atoms with van der Waals surface area (Å²) in [5.74, 6) is 0.585. The van der Waals surface area contributed by atoms with E-state index in [2.05, 4.69) is 15.5 Å². The third kappa shape index (κ3) is 4.97. The first kappa shape index (κ1) is 22.4. The van der Waals surface area contributed by atoms with Crippen LogP contribution in [0.3, 0.4) is 0 Å². The number of carbonyl (C=O) groups is 1. The van der Waals surface area contributed by atoms with Crippen molar-refractivity contribution >= 4 is 33.4 Å². The predicted octanol–water partition coefficient (Wildman–Crippen LogP) is 3.24. The van der Waals surface area contributed by atoms with Crippen LogP contribution in [0.25, 0.3) is 11.7 Å². The van der Waals surface area contributed by atoms with E-state index in [0.717, 1.165) is 24.6 Å². The van der Waals surface area contributed by atoms with Gasteiger partial charge in [0.05, 0.1) is 18.6 Å². The van der Waals surface area contributed by atoms with Crippen molar-refractivity contribution in [2.75, 3.05) is 30.8 Å². The molecule has 1 aromatic carbocycles. The van der Waals surface area contributed by atoms with Crippen molar-refractivity contribution in [2.45, 2.75) is 29.9 Å². The van der Waals surface area contributed by atoms with E-state index in [4.69, 9.17) is 13.6 Å². The smallest absolute Gasteiger partial charge is 0.284 e. The third-order valence-corrected chi connectivity index (χ3v) is 7.41. The number of amides is 1. The standard InChI is InChI=1S/C20H22N4O6S2/c1-2-28-15-8-7-14(12-17(15)32(26,27)24-9-3-4-10-24)21-18(25)13-31-20-23-22-19(30-20)16-6-5-11-29-16/h5-8,11-12H,2-4,9-10,13H2,1H3,(H,21,25). The average molecular weight is 479 g/mol. The molecule has 0 aliphatic carbocycles. The van der Waals surface area contributed by atoms with Crippen LogP contribution in [0.4, 0.5) is 5.69 Å². The van der Waals surface area contributed by atoms with Gasteiger partial charge in [-0.25, -0.2) is 8.42 Å². The molecule has 10 nitrogen and oxygen atoms in total. The minimum absolute atomic E-state index is 0.00120. The normalized spacial score (nSPS) is 14.5. The first-order valence-corrected chi connectivity index (χ1v) is 12.5. The van der Waals surface area contributed by atoms with Crippen LogP contribution in [-0.2, 0) is 14.8 Å². The van der Waals surface area contributed by atoms with Crippen LogP contribution < -0.4 is 10.1 Å². The number of sulfonamides is 1. The summed E-state index contributed by atoms with van der Waals surface area (Å²) in [4.78, 5) is 12.5. The number of ether oxygens (including phenoxy) is 1. The van der Waals surface area contributed by atoms with Gasteiger partial charge in [0.15, 0.2) is 5.76 Å². The molecule has 12 heteroatoms. The SMILES string of the molecule is CCOc1ccc(NC(=O)CSc2nnc(-c3ccco3)o2)cc1S(=O)(=O)N1CCCC1. The van der Waals surface area contributed by atoms with Crippen LogP contribution >= 0.6 is 11.8 Å². The molecule has 0 bridgehead atoms. The average Bonchev–Trinajstić information content (AvgIpc) is 3.56. The molecule has 1 fully saturated rings. The number of aromatic nitrogens is 2. The van der Waals surface area contributed by atoms with Gasteiger partial charge in [-0.2, -0.15) is 4.31 Å². The molecule has 170 valence electrons. The van der Waals surface area contributed by atoms with Crippen molar-refractivity contribution < 1.29 is 26.8 Å². The number of hydrogen-bond acceptors (Lipinski definition) is 9. The lowest BCUT2D eigenvalue weighted by atomic mass is 10.3. The number of rotatable bonds is 9. The third-order valence-electron chi connectivity index (χ3n) is 4.68. The maximum atomic E-state index is 13.1. The number of furan rings is 1. The highest BCUT2D eigenvalue weighted by atomic mass is 32.2. The van der Waals surface area contributed by atoms with E-state index in [1.165, 1.54) is 16.6 Å². The number of carbonyl (C=O) groups excluding carboxylic acids is 1. The zero-order chi connectivity index (χ0) is 22.6. The Morgan fingerprint density at radius 3 is 2.78 bits per heavy atom. The Morgan fingerprint density at radius 2 is 2.06 bits per heavy atom. The Morgan fingerprint density at radius 1 is 1.25 bits per heavy atom. The van der Waals surface area contributed by atoms with Crippen LogP contribution in [0.15, 0.2) is 55.5 Å². The highest BCUT2D eigenvalue weighted by molar-refractivity contribution is 7.99. The lowest BCUT2D eigenvalue weighted by molar-refractivity contribution is -0.113. The van der Waals surface area contributed by atoms with Crippen molar-refractivity contribution in [1.82, 2.24) is 14.5 Å². The van der Waals surface area contributed by atoms with Crippen molar-refractivity contribution in [1.29, 1.82) is 0 Å². The van der Waals surface area contributed by atoms with E-state index in [-0.39, 0.29) is 33.4 Å². The van der Waals surface area contributed by atoms with E-state index in [1.54, 1.807) is 31.2 Å². The van der Waals surface area contributed by atoms with Gasteiger partial charge >= 0.3 is 0 Å². The van der Waals surface area contributed by atoms with Crippen molar-refractivity contribution in [3.63, 3.8) is 0 Å². The number of anilines is 1. The second-order valence-electron chi connectivity index (χ2n) is 6.89. The molecular formula is C20H22N4O6S2. The van der Waals surface area contributed by atoms with Crippen LogP contribution in [0.5, 0.6) is 5.75 Å². The summed E-state index contributed by atoms with van der Waals surface area (Å²) < 4.78 is 43.8. The molecule has 0 spiro atoms. The van der Waals surface area contributed by atoms with Gasteiger partial charge in [0.25, 0.3) is 11.1 Å². The minimum Gasteiger partial charge on any atom is -0.492 e. The molecule has 0 saturated carbocycles. The Bertz CT molecular complexity index is 1170. The van der Waals surface area contributed by atoms with E-state index in [9.17, 15) is 13.2 Å². The molecule has 1 N–H and O–H groups in total. The highest BCUT2D eigenvalue weighted by Gasteiger charge is 2.30. The first-order valence-electron chi connectivity index (χ1n) is 10.0. The summed E-state index contributed by atoms with van der Waals surface area (Å²) >= 11 is 1.06. The van der Waals surface area contributed by atoms with Crippen molar-refractivity contribution in [3.8, 4) is 17.4 Å². The Kier molecular flexibility index (Phi) is 6.82. The summed E-state index contributed by atoms with van der Waals surface area (Å²) in [7, 11) is -3.71. The Hall–Kier alpha value is -2.83. The van der Waals surface area contributed by atoms with E-state index in [1.807, 2.05) is 0 Å². The molecule has 3 heterocycles. The minimum atomic E-state index is -3.71. The van der Waals surface area contributed by atoms with Crippen LogP contribution in [-0.4, -0.2) is 54.3 Å². The van der Waals surface area contributed by atoms with Gasteiger partial charge in [-0.3, -0.25) is 4.79 Å². The zero-order valence-corrected chi connectivity index (χ0v) is 18.9. The molecule has 0 atom stereocenters. The molecule has 1 aliphatic heterocycles. The van der Waals surface area contributed by atoms with Gasteiger partial charge < -0.3 is 18.9 Å². The lowest BCUT2D eigenvalue weighted by Crippen LogP contribution is -2.28. The van der Waals surface area contributed by atoms with Crippen molar-refractivity contribution in [2.24, 2.45) is 0 Å².